The summed E-state index contributed by atoms with van der Waals surface area (Å²) in [6, 6.07) is 27.4. The molecular formula is C26H22N6O3. The lowest BCUT2D eigenvalue weighted by atomic mass is 10.3. The van der Waals surface area contributed by atoms with Gasteiger partial charge in [-0.05, 0) is 72.8 Å². The molecule has 0 spiro atoms. The maximum atomic E-state index is 9.53. The fraction of sp³-hybridized carbons (Fsp3) is 0.0385. The lowest BCUT2D eigenvalue weighted by Crippen LogP contribution is -2.09. The van der Waals surface area contributed by atoms with Gasteiger partial charge in [-0.15, -0.1) is 0 Å². The van der Waals surface area contributed by atoms with Crippen molar-refractivity contribution >= 4 is 29.2 Å². The number of hydrogen-bond donors (Lipinski definition) is 4. The monoisotopic (exact) mass is 466 g/mol. The Bertz CT molecular complexity index is 1360. The highest BCUT2D eigenvalue weighted by Crippen LogP contribution is 2.25. The van der Waals surface area contributed by atoms with E-state index in [1.165, 1.54) is 0 Å². The molecule has 0 fully saturated rings. The van der Waals surface area contributed by atoms with Crippen molar-refractivity contribution in [2.45, 2.75) is 6.54 Å². The highest BCUT2D eigenvalue weighted by Gasteiger charge is 2.09. The van der Waals surface area contributed by atoms with Gasteiger partial charge in [0.05, 0.1) is 12.8 Å². The summed E-state index contributed by atoms with van der Waals surface area (Å²) >= 11 is 0. The second-order valence-electron chi connectivity index (χ2n) is 7.48. The van der Waals surface area contributed by atoms with Crippen molar-refractivity contribution in [3.05, 3.63) is 103 Å². The third-order valence-electron chi connectivity index (χ3n) is 4.85. The maximum absolute atomic E-state index is 9.53. The Hall–Kier alpha value is -5.05. The molecule has 0 aliphatic carbocycles. The van der Waals surface area contributed by atoms with Crippen LogP contribution in [-0.2, 0) is 6.54 Å². The number of hydrogen-bond acceptors (Lipinski definition) is 9. The Morgan fingerprint density at radius 1 is 0.657 bits per heavy atom. The van der Waals surface area contributed by atoms with E-state index in [1.54, 1.807) is 30.5 Å². The van der Waals surface area contributed by atoms with E-state index < -0.39 is 0 Å². The summed E-state index contributed by atoms with van der Waals surface area (Å²) in [6.45, 7) is 0.417. The summed E-state index contributed by atoms with van der Waals surface area (Å²) in [5.74, 6) is 3.45. The fourth-order valence-corrected chi connectivity index (χ4v) is 3.18. The lowest BCUT2D eigenvalue weighted by Gasteiger charge is -2.12. The molecular weight excluding hydrogens is 444 g/mol. The molecule has 5 aromatic rings. The van der Waals surface area contributed by atoms with Gasteiger partial charge in [-0.1, -0.05) is 18.2 Å². The first-order chi connectivity index (χ1) is 17.2. The van der Waals surface area contributed by atoms with E-state index in [0.29, 0.717) is 30.1 Å². The lowest BCUT2D eigenvalue weighted by molar-refractivity contribution is 0.475. The van der Waals surface area contributed by atoms with Crippen LogP contribution in [0.4, 0.5) is 29.2 Å². The number of aromatic nitrogens is 3. The number of para-hydroxylation sites is 1. The van der Waals surface area contributed by atoms with E-state index in [9.17, 15) is 5.11 Å². The zero-order valence-corrected chi connectivity index (χ0v) is 18.6. The molecule has 0 radical (unpaired) electrons. The van der Waals surface area contributed by atoms with Crippen LogP contribution in [0.2, 0.25) is 0 Å². The molecule has 5 rings (SSSR count). The highest BCUT2D eigenvalue weighted by atomic mass is 16.5. The standard InChI is InChI=1S/C26H22N6O3/c33-20-12-8-18(9-13-20)28-25-30-24(27-17-23-7-4-16-34-23)31-26(32-25)29-19-10-14-22(15-11-19)35-21-5-2-1-3-6-21/h1-16,33H,17H2,(H3,27,28,29,30,31,32). The number of phenols is 1. The number of nitrogens with zero attached hydrogens (tertiary/aromatic N) is 3. The van der Waals surface area contributed by atoms with Crippen molar-refractivity contribution in [2.75, 3.05) is 16.0 Å². The Morgan fingerprint density at radius 2 is 1.26 bits per heavy atom. The number of ether oxygens (including phenoxy) is 1. The van der Waals surface area contributed by atoms with Crippen molar-refractivity contribution in [3.63, 3.8) is 0 Å². The van der Waals surface area contributed by atoms with Gasteiger partial charge in [0.25, 0.3) is 0 Å². The van der Waals surface area contributed by atoms with Crippen LogP contribution < -0.4 is 20.7 Å². The van der Waals surface area contributed by atoms with E-state index in [1.807, 2.05) is 66.7 Å². The first-order valence-electron chi connectivity index (χ1n) is 10.9. The third kappa shape index (κ3) is 6.05. The Kier molecular flexibility index (Phi) is 6.38. The summed E-state index contributed by atoms with van der Waals surface area (Å²) in [6.07, 6.45) is 1.61. The van der Waals surface area contributed by atoms with Gasteiger partial charge >= 0.3 is 0 Å². The van der Waals surface area contributed by atoms with E-state index in [4.69, 9.17) is 9.15 Å². The molecule has 9 nitrogen and oxygen atoms in total. The molecule has 9 heteroatoms. The molecule has 3 aromatic carbocycles. The Labute approximate surface area is 201 Å². The second kappa shape index (κ2) is 10.3. The molecule has 35 heavy (non-hydrogen) atoms. The molecule has 0 aliphatic heterocycles. The number of rotatable bonds is 9. The predicted molar refractivity (Wildman–Crippen MR) is 133 cm³/mol. The third-order valence-corrected chi connectivity index (χ3v) is 4.85. The minimum atomic E-state index is 0.175. The van der Waals surface area contributed by atoms with Gasteiger partial charge in [0, 0.05) is 11.4 Å². The van der Waals surface area contributed by atoms with Crippen LogP contribution in [0.1, 0.15) is 5.76 Å². The predicted octanol–water partition coefficient (Wildman–Crippen LogP) is 6.06. The van der Waals surface area contributed by atoms with Gasteiger partial charge in [0.1, 0.15) is 23.0 Å². The van der Waals surface area contributed by atoms with Crippen molar-refractivity contribution < 1.29 is 14.3 Å². The molecule has 0 amide bonds. The second-order valence-corrected chi connectivity index (χ2v) is 7.48. The molecule has 0 atom stereocenters. The average molecular weight is 467 g/mol. The summed E-state index contributed by atoms with van der Waals surface area (Å²) in [5, 5.41) is 19.0. The van der Waals surface area contributed by atoms with Crippen LogP contribution in [0, 0.1) is 0 Å². The van der Waals surface area contributed by atoms with E-state index >= 15 is 0 Å². The zero-order valence-electron chi connectivity index (χ0n) is 18.6. The molecule has 0 saturated heterocycles. The Morgan fingerprint density at radius 3 is 1.89 bits per heavy atom. The summed E-state index contributed by atoms with van der Waals surface area (Å²) in [5.41, 5.74) is 1.50. The molecule has 174 valence electrons. The first-order valence-corrected chi connectivity index (χ1v) is 10.9. The van der Waals surface area contributed by atoms with Gasteiger partial charge in [-0.3, -0.25) is 0 Å². The van der Waals surface area contributed by atoms with Crippen LogP contribution in [-0.4, -0.2) is 20.1 Å². The van der Waals surface area contributed by atoms with Crippen molar-refractivity contribution in [3.8, 4) is 17.2 Å². The van der Waals surface area contributed by atoms with Gasteiger partial charge in [0.15, 0.2) is 0 Å². The molecule has 0 aliphatic rings. The van der Waals surface area contributed by atoms with E-state index in [-0.39, 0.29) is 5.75 Å². The molecule has 2 heterocycles. The summed E-state index contributed by atoms with van der Waals surface area (Å²) in [4.78, 5) is 13.4. The van der Waals surface area contributed by atoms with Gasteiger partial charge in [-0.25, -0.2) is 0 Å². The van der Waals surface area contributed by atoms with Crippen molar-refractivity contribution in [2.24, 2.45) is 0 Å². The average Bonchev–Trinajstić information content (AvgIpc) is 3.40. The minimum Gasteiger partial charge on any atom is -0.508 e. The van der Waals surface area contributed by atoms with E-state index in [2.05, 4.69) is 30.9 Å². The SMILES string of the molecule is Oc1ccc(Nc2nc(NCc3ccco3)nc(Nc3ccc(Oc4ccccc4)cc3)n2)cc1. The van der Waals surface area contributed by atoms with Gasteiger partial charge < -0.3 is 30.2 Å². The molecule has 0 bridgehead atoms. The van der Waals surface area contributed by atoms with Crippen LogP contribution in [0.25, 0.3) is 0 Å². The number of nitrogens with one attached hydrogen (secondary N) is 3. The normalized spacial score (nSPS) is 10.5. The largest absolute Gasteiger partial charge is 0.508 e. The number of benzene rings is 3. The Balaban J connectivity index is 1.34. The molecule has 4 N–H and O–H groups in total. The zero-order chi connectivity index (χ0) is 23.9. The first kappa shape index (κ1) is 21.8. The molecule has 0 saturated carbocycles. The smallest absolute Gasteiger partial charge is 0.233 e. The number of anilines is 5. The van der Waals surface area contributed by atoms with Gasteiger partial charge in [-0.2, -0.15) is 15.0 Å². The quantitative estimate of drug-likeness (QED) is 0.192. The highest BCUT2D eigenvalue weighted by molar-refractivity contribution is 5.60. The topological polar surface area (TPSA) is 117 Å². The number of aromatic hydroxyl groups is 1. The van der Waals surface area contributed by atoms with Crippen LogP contribution in [0.15, 0.2) is 102 Å². The molecule has 2 aromatic heterocycles. The van der Waals surface area contributed by atoms with Gasteiger partial charge in [0.2, 0.25) is 17.8 Å². The fourth-order valence-electron chi connectivity index (χ4n) is 3.18. The maximum Gasteiger partial charge on any atom is 0.233 e. The van der Waals surface area contributed by atoms with E-state index in [0.717, 1.165) is 22.9 Å². The number of phenolic OH excluding ortho intramolecular Hbond substituents is 1. The molecule has 0 unspecified atom stereocenters. The van der Waals surface area contributed by atoms with Crippen LogP contribution in [0.3, 0.4) is 0 Å². The summed E-state index contributed by atoms with van der Waals surface area (Å²) in [7, 11) is 0. The van der Waals surface area contributed by atoms with Crippen LogP contribution in [0.5, 0.6) is 17.2 Å². The number of furan rings is 1. The summed E-state index contributed by atoms with van der Waals surface area (Å²) < 4.78 is 11.2. The van der Waals surface area contributed by atoms with Crippen molar-refractivity contribution in [1.29, 1.82) is 0 Å². The minimum absolute atomic E-state index is 0.175. The van der Waals surface area contributed by atoms with Crippen molar-refractivity contribution in [1.82, 2.24) is 15.0 Å². The van der Waals surface area contributed by atoms with Crippen LogP contribution >= 0.6 is 0 Å².